The molecular weight excluding hydrogens is 390 g/mol. The van der Waals surface area contributed by atoms with Crippen LogP contribution in [0.5, 0.6) is 0 Å². The van der Waals surface area contributed by atoms with E-state index in [2.05, 4.69) is 19.2 Å². The van der Waals surface area contributed by atoms with Gasteiger partial charge in [-0.3, -0.25) is 24.5 Å². The minimum Gasteiger partial charge on any atom is -0.454 e. The fourth-order valence-corrected chi connectivity index (χ4v) is 3.39. The third-order valence-electron chi connectivity index (χ3n) is 4.38. The zero-order chi connectivity index (χ0) is 20.8. The molecule has 28 heavy (non-hydrogen) atoms. The lowest BCUT2D eigenvalue weighted by Crippen LogP contribution is -2.44. The number of nitro groups is 1. The molecule has 2 atom stereocenters. The van der Waals surface area contributed by atoms with Gasteiger partial charge in [-0.25, -0.2) is 0 Å². The number of hydrogen-bond acceptors (Lipinski definition) is 6. The Morgan fingerprint density at radius 2 is 1.93 bits per heavy atom. The van der Waals surface area contributed by atoms with Gasteiger partial charge in [0.2, 0.25) is 0 Å². The SMILES string of the molecule is C[C@H]1C[C@H](C)CN(C(=O)COC(=O)CNC(=O)c2ccc(Cl)c([N+](=O)[O-])c2)C1. The summed E-state index contributed by atoms with van der Waals surface area (Å²) in [5.41, 5.74) is -0.427. The molecule has 9 nitrogen and oxygen atoms in total. The van der Waals surface area contributed by atoms with E-state index in [1.807, 2.05) is 0 Å². The van der Waals surface area contributed by atoms with Gasteiger partial charge in [-0.05, 0) is 30.4 Å². The Kier molecular flexibility index (Phi) is 7.33. The van der Waals surface area contributed by atoms with E-state index in [9.17, 15) is 24.5 Å². The van der Waals surface area contributed by atoms with Gasteiger partial charge in [-0.15, -0.1) is 0 Å². The second kappa shape index (κ2) is 9.50. The van der Waals surface area contributed by atoms with Gasteiger partial charge < -0.3 is 15.0 Å². The van der Waals surface area contributed by atoms with E-state index in [0.29, 0.717) is 24.9 Å². The van der Waals surface area contributed by atoms with Gasteiger partial charge in [-0.2, -0.15) is 0 Å². The molecule has 1 heterocycles. The van der Waals surface area contributed by atoms with Gasteiger partial charge in [0.15, 0.2) is 6.61 Å². The first kappa shape index (κ1) is 21.6. The summed E-state index contributed by atoms with van der Waals surface area (Å²) in [4.78, 5) is 47.8. The topological polar surface area (TPSA) is 119 Å². The molecule has 0 aromatic heterocycles. The molecular formula is C18H22ClN3O6. The van der Waals surface area contributed by atoms with Crippen LogP contribution in [-0.4, -0.2) is 53.8 Å². The number of carbonyl (C=O) groups excluding carboxylic acids is 3. The van der Waals surface area contributed by atoms with Crippen LogP contribution < -0.4 is 5.32 Å². The number of likely N-dealkylation sites (tertiary alicyclic amines) is 1. The van der Waals surface area contributed by atoms with Crippen LogP contribution in [0.3, 0.4) is 0 Å². The number of esters is 1. The summed E-state index contributed by atoms with van der Waals surface area (Å²) in [7, 11) is 0. The molecule has 1 fully saturated rings. The first-order valence-corrected chi connectivity index (χ1v) is 9.20. The van der Waals surface area contributed by atoms with Gasteiger partial charge in [0.25, 0.3) is 17.5 Å². The molecule has 0 bridgehead atoms. The number of amides is 2. The van der Waals surface area contributed by atoms with Gasteiger partial charge >= 0.3 is 5.97 Å². The highest BCUT2D eigenvalue weighted by molar-refractivity contribution is 6.32. The van der Waals surface area contributed by atoms with Crippen LogP contribution >= 0.6 is 11.6 Å². The number of nitrogens with one attached hydrogen (secondary N) is 1. The molecule has 10 heteroatoms. The molecule has 1 aliphatic rings. The average Bonchev–Trinajstić information content (AvgIpc) is 2.63. The fraction of sp³-hybridized carbons (Fsp3) is 0.500. The number of halogens is 1. The van der Waals surface area contributed by atoms with Gasteiger partial charge in [0.05, 0.1) is 4.92 Å². The molecule has 0 aliphatic carbocycles. The Morgan fingerprint density at radius 3 is 2.54 bits per heavy atom. The molecule has 1 saturated heterocycles. The van der Waals surface area contributed by atoms with Crippen LogP contribution in [0.25, 0.3) is 0 Å². The highest BCUT2D eigenvalue weighted by Crippen LogP contribution is 2.25. The quantitative estimate of drug-likeness (QED) is 0.434. The molecule has 0 radical (unpaired) electrons. The maximum atomic E-state index is 12.2. The Balaban J connectivity index is 1.80. The van der Waals surface area contributed by atoms with E-state index in [-0.39, 0.29) is 23.1 Å². The zero-order valence-corrected chi connectivity index (χ0v) is 16.4. The summed E-state index contributed by atoms with van der Waals surface area (Å²) in [6, 6.07) is 3.55. The predicted octanol–water partition coefficient (Wildman–Crippen LogP) is 2.03. The van der Waals surface area contributed by atoms with E-state index in [4.69, 9.17) is 16.3 Å². The molecule has 1 aromatic carbocycles. The number of nitro benzene ring substituents is 1. The largest absolute Gasteiger partial charge is 0.454 e. The number of rotatable bonds is 6. The lowest BCUT2D eigenvalue weighted by molar-refractivity contribution is -0.384. The van der Waals surface area contributed by atoms with Crippen LogP contribution in [0.2, 0.25) is 5.02 Å². The Morgan fingerprint density at radius 1 is 1.29 bits per heavy atom. The van der Waals surface area contributed by atoms with Crippen molar-refractivity contribution in [3.05, 3.63) is 38.9 Å². The third-order valence-corrected chi connectivity index (χ3v) is 4.70. The molecule has 0 spiro atoms. The number of nitrogens with zero attached hydrogens (tertiary/aromatic N) is 2. The molecule has 2 rings (SSSR count). The monoisotopic (exact) mass is 411 g/mol. The highest BCUT2D eigenvalue weighted by atomic mass is 35.5. The van der Waals surface area contributed by atoms with Gasteiger partial charge in [0.1, 0.15) is 11.6 Å². The Hall–Kier alpha value is -2.68. The van der Waals surface area contributed by atoms with Crippen molar-refractivity contribution in [1.82, 2.24) is 10.2 Å². The van der Waals surface area contributed by atoms with Crippen molar-refractivity contribution in [3.63, 3.8) is 0 Å². The van der Waals surface area contributed by atoms with E-state index in [0.717, 1.165) is 12.5 Å². The van der Waals surface area contributed by atoms with Crippen LogP contribution in [0.15, 0.2) is 18.2 Å². The first-order valence-electron chi connectivity index (χ1n) is 8.83. The Labute approximate surface area is 167 Å². The molecule has 1 aromatic rings. The zero-order valence-electron chi connectivity index (χ0n) is 15.6. The van der Waals surface area contributed by atoms with Crippen molar-refractivity contribution in [2.24, 2.45) is 11.8 Å². The standard InChI is InChI=1S/C18H22ClN3O6/c1-11-5-12(2)9-21(8-11)16(23)10-28-17(24)7-20-18(25)13-3-4-14(19)15(6-13)22(26)27/h3-4,6,11-12H,5,7-10H2,1-2H3,(H,20,25)/t11-,12-/m0/s1. The minimum atomic E-state index is -0.775. The Bertz CT molecular complexity index is 775. The first-order chi connectivity index (χ1) is 13.2. The lowest BCUT2D eigenvalue weighted by atomic mass is 9.92. The number of carbonyl (C=O) groups is 3. The minimum absolute atomic E-state index is 0.0173. The lowest BCUT2D eigenvalue weighted by Gasteiger charge is -2.34. The number of hydrogen-bond donors (Lipinski definition) is 1. The fourth-order valence-electron chi connectivity index (χ4n) is 3.20. The van der Waals surface area contributed by atoms with Crippen molar-refractivity contribution >= 4 is 35.1 Å². The van der Waals surface area contributed by atoms with Crippen molar-refractivity contribution in [1.29, 1.82) is 0 Å². The van der Waals surface area contributed by atoms with Crippen LogP contribution in [0.4, 0.5) is 5.69 Å². The maximum absolute atomic E-state index is 12.2. The summed E-state index contributed by atoms with van der Waals surface area (Å²) in [5.74, 6) is -0.950. The average molecular weight is 412 g/mol. The van der Waals surface area contributed by atoms with E-state index in [1.165, 1.54) is 12.1 Å². The number of piperidine rings is 1. The summed E-state index contributed by atoms with van der Waals surface area (Å²) in [6.07, 6.45) is 1.05. The molecule has 0 unspecified atom stereocenters. The van der Waals surface area contributed by atoms with Crippen molar-refractivity contribution in [2.75, 3.05) is 26.2 Å². The number of ether oxygens (including phenoxy) is 1. The highest BCUT2D eigenvalue weighted by Gasteiger charge is 2.26. The second-order valence-electron chi connectivity index (χ2n) is 7.01. The van der Waals surface area contributed by atoms with E-state index < -0.39 is 29.0 Å². The second-order valence-corrected chi connectivity index (χ2v) is 7.42. The smallest absolute Gasteiger partial charge is 0.325 e. The van der Waals surface area contributed by atoms with Gasteiger partial charge in [-0.1, -0.05) is 25.4 Å². The van der Waals surface area contributed by atoms with Crippen LogP contribution in [0, 0.1) is 22.0 Å². The van der Waals surface area contributed by atoms with Crippen LogP contribution in [-0.2, 0) is 14.3 Å². The summed E-state index contributed by atoms with van der Waals surface area (Å²) in [5, 5.41) is 13.1. The van der Waals surface area contributed by atoms with Crippen molar-refractivity contribution in [2.45, 2.75) is 20.3 Å². The molecule has 2 amide bonds. The van der Waals surface area contributed by atoms with Gasteiger partial charge in [0, 0.05) is 24.7 Å². The molecule has 0 saturated carbocycles. The van der Waals surface area contributed by atoms with E-state index in [1.54, 1.807) is 4.90 Å². The summed E-state index contributed by atoms with van der Waals surface area (Å²) >= 11 is 5.69. The summed E-state index contributed by atoms with van der Waals surface area (Å²) < 4.78 is 4.92. The molecule has 152 valence electrons. The van der Waals surface area contributed by atoms with Crippen LogP contribution in [0.1, 0.15) is 30.6 Å². The number of benzene rings is 1. The van der Waals surface area contributed by atoms with Crippen molar-refractivity contribution in [3.8, 4) is 0 Å². The molecule has 1 N–H and O–H groups in total. The summed E-state index contributed by atoms with van der Waals surface area (Å²) in [6.45, 7) is 4.55. The van der Waals surface area contributed by atoms with Crippen molar-refractivity contribution < 1.29 is 24.0 Å². The van der Waals surface area contributed by atoms with E-state index >= 15 is 0 Å². The normalized spacial score (nSPS) is 19.0. The molecule has 1 aliphatic heterocycles. The maximum Gasteiger partial charge on any atom is 0.325 e. The third kappa shape index (κ3) is 5.91. The predicted molar refractivity (Wildman–Crippen MR) is 101 cm³/mol.